The van der Waals surface area contributed by atoms with Gasteiger partial charge in [-0.3, -0.25) is 9.59 Å². The summed E-state index contributed by atoms with van der Waals surface area (Å²) in [5.74, 6) is 1.40. The third-order valence-corrected chi connectivity index (χ3v) is 3.51. The minimum atomic E-state index is -0.163. The van der Waals surface area contributed by atoms with E-state index >= 15 is 0 Å². The van der Waals surface area contributed by atoms with E-state index in [2.05, 4.69) is 19.2 Å². The molecule has 0 aliphatic rings. The summed E-state index contributed by atoms with van der Waals surface area (Å²) >= 11 is 0. The zero-order valence-corrected chi connectivity index (χ0v) is 14.4. The lowest BCUT2D eigenvalue weighted by atomic mass is 10.0. The van der Waals surface area contributed by atoms with Crippen molar-refractivity contribution in [3.05, 3.63) is 23.8 Å². The molecule has 1 unspecified atom stereocenters. The molecule has 0 saturated carbocycles. The number of carbonyl (C=O) groups excluding carboxylic acids is 2. The van der Waals surface area contributed by atoms with E-state index in [-0.39, 0.29) is 18.6 Å². The highest BCUT2D eigenvalue weighted by Crippen LogP contribution is 2.27. The third-order valence-electron chi connectivity index (χ3n) is 3.51. The highest BCUT2D eigenvalue weighted by molar-refractivity contribution is 5.78. The quantitative estimate of drug-likeness (QED) is 0.672. The van der Waals surface area contributed by atoms with Crippen LogP contribution < -0.4 is 14.8 Å². The van der Waals surface area contributed by atoms with Gasteiger partial charge in [0.1, 0.15) is 6.29 Å². The van der Waals surface area contributed by atoms with Gasteiger partial charge in [-0.05, 0) is 37.5 Å². The Bertz CT molecular complexity index is 514. The summed E-state index contributed by atoms with van der Waals surface area (Å²) in [4.78, 5) is 22.7. The maximum Gasteiger partial charge on any atom is 0.258 e. The van der Waals surface area contributed by atoms with Crippen molar-refractivity contribution in [2.24, 2.45) is 5.92 Å². The number of ether oxygens (including phenoxy) is 2. The first-order chi connectivity index (χ1) is 11.0. The number of methoxy groups -OCH3 is 1. The van der Waals surface area contributed by atoms with E-state index in [0.29, 0.717) is 23.0 Å². The molecule has 0 saturated heterocycles. The molecule has 0 fully saturated rings. The summed E-state index contributed by atoms with van der Waals surface area (Å²) in [6, 6.07) is 4.96. The molecule has 1 aromatic rings. The molecular formula is C18H27NO4. The summed E-state index contributed by atoms with van der Waals surface area (Å²) in [5.41, 5.74) is 0.498. The Morgan fingerprint density at radius 2 is 1.96 bits per heavy atom. The van der Waals surface area contributed by atoms with Crippen LogP contribution in [0, 0.1) is 5.92 Å². The van der Waals surface area contributed by atoms with Crippen LogP contribution in [0.3, 0.4) is 0 Å². The van der Waals surface area contributed by atoms with Crippen molar-refractivity contribution in [1.29, 1.82) is 0 Å². The van der Waals surface area contributed by atoms with E-state index in [0.717, 1.165) is 25.5 Å². The van der Waals surface area contributed by atoms with Crippen LogP contribution in [0.25, 0.3) is 0 Å². The van der Waals surface area contributed by atoms with Gasteiger partial charge in [-0.2, -0.15) is 0 Å². The molecule has 1 amide bonds. The predicted octanol–water partition coefficient (Wildman–Crippen LogP) is 3.22. The van der Waals surface area contributed by atoms with Crippen molar-refractivity contribution in [2.75, 3.05) is 13.7 Å². The molecule has 0 heterocycles. The van der Waals surface area contributed by atoms with Gasteiger partial charge in [0.15, 0.2) is 18.1 Å². The number of aldehydes is 1. The van der Waals surface area contributed by atoms with Gasteiger partial charge in [0, 0.05) is 11.6 Å². The lowest BCUT2D eigenvalue weighted by Crippen LogP contribution is -2.36. The summed E-state index contributed by atoms with van der Waals surface area (Å²) < 4.78 is 10.6. The van der Waals surface area contributed by atoms with Crippen LogP contribution in [-0.4, -0.2) is 32.0 Å². The lowest BCUT2D eigenvalue weighted by molar-refractivity contribution is -0.123. The van der Waals surface area contributed by atoms with Crippen molar-refractivity contribution >= 4 is 12.2 Å². The number of nitrogens with one attached hydrogen (secondary N) is 1. The second-order valence-corrected chi connectivity index (χ2v) is 6.11. The summed E-state index contributed by atoms with van der Waals surface area (Å²) in [6.07, 6.45) is 3.96. The molecule has 0 bridgehead atoms. The topological polar surface area (TPSA) is 64.6 Å². The minimum absolute atomic E-state index is 0.0781. The molecule has 1 rings (SSSR count). The van der Waals surface area contributed by atoms with Gasteiger partial charge in [0.25, 0.3) is 5.91 Å². The molecule has 128 valence electrons. The van der Waals surface area contributed by atoms with Crippen molar-refractivity contribution in [2.45, 2.75) is 46.1 Å². The number of carbonyl (C=O) groups is 2. The van der Waals surface area contributed by atoms with Crippen LogP contribution in [0.15, 0.2) is 18.2 Å². The molecule has 0 aromatic heterocycles. The Morgan fingerprint density at radius 1 is 1.22 bits per heavy atom. The van der Waals surface area contributed by atoms with Crippen LogP contribution in [-0.2, 0) is 4.79 Å². The maximum atomic E-state index is 11.9. The van der Waals surface area contributed by atoms with E-state index in [1.54, 1.807) is 18.2 Å². The molecule has 1 aromatic carbocycles. The van der Waals surface area contributed by atoms with Gasteiger partial charge in [-0.25, -0.2) is 0 Å². The zero-order valence-electron chi connectivity index (χ0n) is 14.4. The highest BCUT2D eigenvalue weighted by atomic mass is 16.5. The molecule has 0 aliphatic heterocycles. The Kier molecular flexibility index (Phi) is 8.16. The fourth-order valence-electron chi connectivity index (χ4n) is 2.24. The molecular weight excluding hydrogens is 294 g/mol. The molecule has 0 radical (unpaired) electrons. The van der Waals surface area contributed by atoms with E-state index in [4.69, 9.17) is 9.47 Å². The molecule has 5 heteroatoms. The Balaban J connectivity index is 2.42. The average Bonchev–Trinajstić information content (AvgIpc) is 2.52. The Morgan fingerprint density at radius 3 is 2.57 bits per heavy atom. The monoisotopic (exact) mass is 321 g/mol. The van der Waals surface area contributed by atoms with E-state index < -0.39 is 0 Å². The van der Waals surface area contributed by atoms with Gasteiger partial charge in [0.2, 0.25) is 0 Å². The third kappa shape index (κ3) is 7.17. The molecule has 5 nitrogen and oxygen atoms in total. The Labute approximate surface area is 138 Å². The molecule has 1 N–H and O–H groups in total. The van der Waals surface area contributed by atoms with Gasteiger partial charge >= 0.3 is 0 Å². The van der Waals surface area contributed by atoms with Crippen LogP contribution in [0.1, 0.15) is 50.4 Å². The first-order valence-electron chi connectivity index (χ1n) is 8.01. The highest BCUT2D eigenvalue weighted by Gasteiger charge is 2.11. The van der Waals surface area contributed by atoms with Crippen LogP contribution in [0.4, 0.5) is 0 Å². The van der Waals surface area contributed by atoms with E-state index in [1.807, 2.05) is 6.92 Å². The van der Waals surface area contributed by atoms with Gasteiger partial charge < -0.3 is 14.8 Å². The Hall–Kier alpha value is -2.04. The summed E-state index contributed by atoms with van der Waals surface area (Å²) in [7, 11) is 1.49. The smallest absolute Gasteiger partial charge is 0.258 e. The summed E-state index contributed by atoms with van der Waals surface area (Å²) in [6.45, 7) is 6.31. The minimum Gasteiger partial charge on any atom is -0.493 e. The molecule has 0 spiro atoms. The molecule has 1 atom stereocenters. The number of hydrogen-bond donors (Lipinski definition) is 1. The number of rotatable bonds is 10. The van der Waals surface area contributed by atoms with Crippen molar-refractivity contribution in [3.63, 3.8) is 0 Å². The number of hydrogen-bond acceptors (Lipinski definition) is 4. The molecule has 0 aliphatic carbocycles. The lowest BCUT2D eigenvalue weighted by Gasteiger charge is -2.15. The fourth-order valence-corrected chi connectivity index (χ4v) is 2.24. The van der Waals surface area contributed by atoms with E-state index in [1.165, 1.54) is 7.11 Å². The number of benzene rings is 1. The van der Waals surface area contributed by atoms with Crippen LogP contribution in [0.2, 0.25) is 0 Å². The van der Waals surface area contributed by atoms with Crippen molar-refractivity contribution < 1.29 is 19.1 Å². The standard InChI is InChI=1S/C18H27NO4/c1-13(2)6-5-7-14(3)19-18(21)12-23-16-9-8-15(11-20)10-17(16)22-4/h8-11,13-14H,5-7,12H2,1-4H3,(H,19,21). The fraction of sp³-hybridized carbons (Fsp3) is 0.556. The zero-order chi connectivity index (χ0) is 17.2. The van der Waals surface area contributed by atoms with Crippen molar-refractivity contribution in [3.8, 4) is 11.5 Å². The maximum absolute atomic E-state index is 11.9. The van der Waals surface area contributed by atoms with Crippen LogP contribution in [0.5, 0.6) is 11.5 Å². The molecule has 23 heavy (non-hydrogen) atoms. The normalized spacial score (nSPS) is 11.9. The van der Waals surface area contributed by atoms with Gasteiger partial charge in [-0.15, -0.1) is 0 Å². The largest absolute Gasteiger partial charge is 0.493 e. The predicted molar refractivity (Wildman–Crippen MR) is 90.2 cm³/mol. The number of amides is 1. The van der Waals surface area contributed by atoms with Gasteiger partial charge in [0.05, 0.1) is 7.11 Å². The van der Waals surface area contributed by atoms with Crippen LogP contribution >= 0.6 is 0 Å². The van der Waals surface area contributed by atoms with E-state index in [9.17, 15) is 9.59 Å². The summed E-state index contributed by atoms with van der Waals surface area (Å²) in [5, 5.41) is 2.92. The first-order valence-corrected chi connectivity index (χ1v) is 8.01. The second kappa shape index (κ2) is 9.87. The SMILES string of the molecule is COc1cc(C=O)ccc1OCC(=O)NC(C)CCCC(C)C. The van der Waals surface area contributed by atoms with Crippen molar-refractivity contribution in [1.82, 2.24) is 5.32 Å². The first kappa shape index (κ1) is 19.0. The van der Waals surface area contributed by atoms with Gasteiger partial charge in [-0.1, -0.05) is 26.7 Å². The average molecular weight is 321 g/mol. The second-order valence-electron chi connectivity index (χ2n) is 6.11.